The Kier molecular flexibility index (Phi) is 5.08. The Hall–Kier alpha value is -1.30. The molecule has 2 heterocycles. The summed E-state index contributed by atoms with van der Waals surface area (Å²) in [7, 11) is 1.37. The summed E-state index contributed by atoms with van der Waals surface area (Å²) in [5, 5.41) is 0. The monoisotopic (exact) mass is 356 g/mol. The summed E-state index contributed by atoms with van der Waals surface area (Å²) >= 11 is 3.42. The van der Waals surface area contributed by atoms with E-state index in [0.29, 0.717) is 18.7 Å². The number of rotatable bonds is 3. The third-order valence-corrected chi connectivity index (χ3v) is 4.26. The molecule has 1 amide bonds. The molecule has 0 bridgehead atoms. The molecule has 1 fully saturated rings. The molecular weight excluding hydrogens is 336 g/mol. The molecule has 5 nitrogen and oxygen atoms in total. The predicted molar refractivity (Wildman–Crippen MR) is 83.2 cm³/mol. The standard InChI is InChI=1S/C15H21BrN2O3/c1-10(2)18-9-11(16)8-13(18)14(19)17-7-5-4-6-12(17)15(20)21-3/h8-10,12H,4-7H2,1-3H3. The first-order valence-electron chi connectivity index (χ1n) is 7.22. The van der Waals surface area contributed by atoms with Crippen molar-refractivity contribution in [1.82, 2.24) is 9.47 Å². The average molecular weight is 357 g/mol. The van der Waals surface area contributed by atoms with Gasteiger partial charge in [0, 0.05) is 23.3 Å². The van der Waals surface area contributed by atoms with Crippen LogP contribution in [-0.2, 0) is 9.53 Å². The molecule has 0 radical (unpaired) electrons. The molecule has 1 saturated heterocycles. The van der Waals surface area contributed by atoms with Crippen LogP contribution >= 0.6 is 15.9 Å². The minimum absolute atomic E-state index is 0.107. The number of halogens is 1. The van der Waals surface area contributed by atoms with Crippen LogP contribution < -0.4 is 0 Å². The Labute approximate surface area is 133 Å². The van der Waals surface area contributed by atoms with E-state index in [1.54, 1.807) is 4.90 Å². The molecule has 0 N–H and O–H groups in total. The second-order valence-corrected chi connectivity index (χ2v) is 6.49. The van der Waals surface area contributed by atoms with Gasteiger partial charge in [-0.25, -0.2) is 4.79 Å². The molecule has 1 aromatic heterocycles. The van der Waals surface area contributed by atoms with Gasteiger partial charge in [0.15, 0.2) is 0 Å². The highest BCUT2D eigenvalue weighted by molar-refractivity contribution is 9.10. The first-order chi connectivity index (χ1) is 9.95. The van der Waals surface area contributed by atoms with E-state index in [2.05, 4.69) is 15.9 Å². The van der Waals surface area contributed by atoms with Gasteiger partial charge in [-0.3, -0.25) is 4.79 Å². The molecule has 0 aliphatic carbocycles. The van der Waals surface area contributed by atoms with Crippen molar-refractivity contribution in [3.8, 4) is 0 Å². The van der Waals surface area contributed by atoms with Gasteiger partial charge in [0.05, 0.1) is 7.11 Å². The minimum atomic E-state index is -0.467. The summed E-state index contributed by atoms with van der Waals surface area (Å²) in [6, 6.07) is 1.52. The van der Waals surface area contributed by atoms with Gasteiger partial charge in [-0.15, -0.1) is 0 Å². The Morgan fingerprint density at radius 2 is 2.10 bits per heavy atom. The van der Waals surface area contributed by atoms with Gasteiger partial charge in [-0.2, -0.15) is 0 Å². The number of carbonyl (C=O) groups excluding carboxylic acids is 2. The number of amides is 1. The normalized spacial score (nSPS) is 18.9. The van der Waals surface area contributed by atoms with Crippen LogP contribution in [0.4, 0.5) is 0 Å². The lowest BCUT2D eigenvalue weighted by Gasteiger charge is -2.34. The minimum Gasteiger partial charge on any atom is -0.467 e. The van der Waals surface area contributed by atoms with Crippen LogP contribution in [0.5, 0.6) is 0 Å². The van der Waals surface area contributed by atoms with Gasteiger partial charge in [-0.05, 0) is 55.1 Å². The van der Waals surface area contributed by atoms with E-state index in [-0.39, 0.29) is 17.9 Å². The van der Waals surface area contributed by atoms with Crippen LogP contribution in [0.2, 0.25) is 0 Å². The van der Waals surface area contributed by atoms with Crippen LogP contribution in [0.15, 0.2) is 16.7 Å². The molecule has 1 aliphatic rings. The largest absolute Gasteiger partial charge is 0.467 e. The highest BCUT2D eigenvalue weighted by Gasteiger charge is 2.34. The van der Waals surface area contributed by atoms with Crippen molar-refractivity contribution in [3.63, 3.8) is 0 Å². The molecule has 1 aromatic rings. The van der Waals surface area contributed by atoms with Crippen molar-refractivity contribution in [3.05, 3.63) is 22.4 Å². The average Bonchev–Trinajstić information content (AvgIpc) is 2.88. The molecule has 6 heteroatoms. The fraction of sp³-hybridized carbons (Fsp3) is 0.600. The van der Waals surface area contributed by atoms with E-state index >= 15 is 0 Å². The maximum absolute atomic E-state index is 12.8. The number of esters is 1. The number of piperidine rings is 1. The van der Waals surface area contributed by atoms with Crippen LogP contribution in [0.1, 0.15) is 49.6 Å². The van der Waals surface area contributed by atoms with E-state index in [9.17, 15) is 9.59 Å². The van der Waals surface area contributed by atoms with E-state index in [4.69, 9.17) is 4.74 Å². The van der Waals surface area contributed by atoms with Crippen molar-refractivity contribution in [2.75, 3.05) is 13.7 Å². The third-order valence-electron chi connectivity index (χ3n) is 3.83. The van der Waals surface area contributed by atoms with Crippen molar-refractivity contribution in [2.45, 2.75) is 45.2 Å². The van der Waals surface area contributed by atoms with Crippen molar-refractivity contribution in [1.29, 1.82) is 0 Å². The van der Waals surface area contributed by atoms with E-state index in [1.165, 1.54) is 7.11 Å². The van der Waals surface area contributed by atoms with Crippen LogP contribution in [0, 0.1) is 0 Å². The molecule has 1 aliphatic heterocycles. The van der Waals surface area contributed by atoms with Crippen LogP contribution in [0.25, 0.3) is 0 Å². The smallest absolute Gasteiger partial charge is 0.328 e. The molecule has 1 atom stereocenters. The van der Waals surface area contributed by atoms with E-state index in [1.807, 2.05) is 30.7 Å². The lowest BCUT2D eigenvalue weighted by atomic mass is 10.0. The SMILES string of the molecule is COC(=O)C1CCCCN1C(=O)c1cc(Br)cn1C(C)C. The molecule has 0 spiro atoms. The topological polar surface area (TPSA) is 51.5 Å². The van der Waals surface area contributed by atoms with Crippen molar-refractivity contribution < 1.29 is 14.3 Å². The molecular formula is C15H21BrN2O3. The molecule has 0 aromatic carbocycles. The van der Waals surface area contributed by atoms with Crippen molar-refractivity contribution in [2.24, 2.45) is 0 Å². The zero-order chi connectivity index (χ0) is 15.6. The number of nitrogens with zero attached hydrogens (tertiary/aromatic N) is 2. The summed E-state index contributed by atoms with van der Waals surface area (Å²) in [6.45, 7) is 4.65. The third kappa shape index (κ3) is 3.31. The van der Waals surface area contributed by atoms with Gasteiger partial charge in [0.25, 0.3) is 5.91 Å². The van der Waals surface area contributed by atoms with Crippen molar-refractivity contribution >= 4 is 27.8 Å². The van der Waals surface area contributed by atoms with E-state index < -0.39 is 6.04 Å². The zero-order valence-corrected chi connectivity index (χ0v) is 14.2. The van der Waals surface area contributed by atoms with Gasteiger partial charge < -0.3 is 14.2 Å². The number of hydrogen-bond donors (Lipinski definition) is 0. The fourth-order valence-electron chi connectivity index (χ4n) is 2.75. The lowest BCUT2D eigenvalue weighted by Crippen LogP contribution is -2.49. The Balaban J connectivity index is 2.31. The number of hydrogen-bond acceptors (Lipinski definition) is 3. The van der Waals surface area contributed by atoms with Crippen LogP contribution in [-0.4, -0.2) is 41.0 Å². The summed E-state index contributed by atoms with van der Waals surface area (Å²) in [6.07, 6.45) is 4.43. The van der Waals surface area contributed by atoms with Gasteiger partial charge in [-0.1, -0.05) is 0 Å². The maximum atomic E-state index is 12.8. The molecule has 0 saturated carbocycles. The second-order valence-electron chi connectivity index (χ2n) is 5.58. The molecule has 116 valence electrons. The van der Waals surface area contributed by atoms with Gasteiger partial charge in [0.1, 0.15) is 11.7 Å². The number of methoxy groups -OCH3 is 1. The number of aromatic nitrogens is 1. The Morgan fingerprint density at radius 3 is 2.71 bits per heavy atom. The van der Waals surface area contributed by atoms with E-state index in [0.717, 1.165) is 17.3 Å². The molecule has 1 unspecified atom stereocenters. The molecule has 2 rings (SSSR count). The number of carbonyl (C=O) groups is 2. The number of ether oxygens (including phenoxy) is 1. The highest BCUT2D eigenvalue weighted by atomic mass is 79.9. The summed E-state index contributed by atoms with van der Waals surface area (Å²) in [4.78, 5) is 26.4. The highest BCUT2D eigenvalue weighted by Crippen LogP contribution is 2.25. The van der Waals surface area contributed by atoms with Gasteiger partial charge >= 0.3 is 5.97 Å². The quantitative estimate of drug-likeness (QED) is 0.782. The maximum Gasteiger partial charge on any atom is 0.328 e. The Morgan fingerprint density at radius 1 is 1.38 bits per heavy atom. The summed E-state index contributed by atoms with van der Waals surface area (Å²) in [5.74, 6) is -0.436. The summed E-state index contributed by atoms with van der Waals surface area (Å²) < 4.78 is 7.63. The first-order valence-corrected chi connectivity index (χ1v) is 8.01. The molecule has 21 heavy (non-hydrogen) atoms. The van der Waals surface area contributed by atoms with Gasteiger partial charge in [0.2, 0.25) is 0 Å². The summed E-state index contributed by atoms with van der Waals surface area (Å²) in [5.41, 5.74) is 0.604. The lowest BCUT2D eigenvalue weighted by molar-refractivity contribution is -0.147. The van der Waals surface area contributed by atoms with Crippen LogP contribution in [0.3, 0.4) is 0 Å². The Bertz CT molecular complexity index is 539. The second kappa shape index (κ2) is 6.64. The zero-order valence-electron chi connectivity index (χ0n) is 12.6. The number of likely N-dealkylation sites (tertiary alicyclic amines) is 1. The fourth-order valence-corrected chi connectivity index (χ4v) is 3.18. The first kappa shape index (κ1) is 16.1. The predicted octanol–water partition coefficient (Wildman–Crippen LogP) is 3.00.